The maximum Gasteiger partial charge on any atom is 0.315 e. The molecule has 1 aromatic rings. The summed E-state index contributed by atoms with van der Waals surface area (Å²) < 4.78 is 5.10. The molecule has 1 rings (SSSR count). The van der Waals surface area contributed by atoms with Crippen LogP contribution in [-0.2, 0) is 6.42 Å². The van der Waals surface area contributed by atoms with Crippen molar-refractivity contribution >= 4 is 6.03 Å². The Balaban J connectivity index is 2.28. The third-order valence-corrected chi connectivity index (χ3v) is 2.80. The van der Waals surface area contributed by atoms with Crippen molar-refractivity contribution in [3.05, 3.63) is 29.8 Å². The largest absolute Gasteiger partial charge is 0.497 e. The molecular weight excluding hydrogens is 244 g/mol. The van der Waals surface area contributed by atoms with Gasteiger partial charge in [-0.3, -0.25) is 0 Å². The normalized spacial score (nSPS) is 11.7. The highest BCUT2D eigenvalue weighted by Crippen LogP contribution is 2.13. The number of hydrogen-bond donors (Lipinski definition) is 3. The van der Waals surface area contributed by atoms with Gasteiger partial charge in [0.1, 0.15) is 5.75 Å². The van der Waals surface area contributed by atoms with Crippen molar-refractivity contribution in [3.8, 4) is 5.75 Å². The van der Waals surface area contributed by atoms with Crippen LogP contribution in [0.5, 0.6) is 5.75 Å². The predicted octanol–water partition coefficient (Wildman–Crippen LogP) is 1.31. The fourth-order valence-electron chi connectivity index (χ4n) is 1.69. The molecule has 0 aromatic heterocycles. The average Bonchev–Trinajstić information content (AvgIpc) is 2.43. The minimum Gasteiger partial charge on any atom is -0.497 e. The Morgan fingerprint density at radius 2 is 2.05 bits per heavy atom. The summed E-state index contributed by atoms with van der Waals surface area (Å²) in [7, 11) is 1.64. The first kappa shape index (κ1) is 15.3. The zero-order valence-electron chi connectivity index (χ0n) is 11.5. The third-order valence-electron chi connectivity index (χ3n) is 2.80. The number of rotatable bonds is 7. The van der Waals surface area contributed by atoms with Gasteiger partial charge in [0.25, 0.3) is 0 Å². The summed E-state index contributed by atoms with van der Waals surface area (Å²) in [5.41, 5.74) is 1.21. The fourth-order valence-corrected chi connectivity index (χ4v) is 1.69. The molecule has 0 fully saturated rings. The number of urea groups is 1. The van der Waals surface area contributed by atoms with Crippen LogP contribution in [0.25, 0.3) is 0 Å². The smallest absolute Gasteiger partial charge is 0.315 e. The monoisotopic (exact) mass is 266 g/mol. The minimum absolute atomic E-state index is 0.0480. The van der Waals surface area contributed by atoms with E-state index in [0.717, 1.165) is 18.6 Å². The number of benzene rings is 1. The Kier molecular flexibility index (Phi) is 6.74. The molecule has 5 nitrogen and oxygen atoms in total. The van der Waals surface area contributed by atoms with E-state index in [-0.39, 0.29) is 25.2 Å². The summed E-state index contributed by atoms with van der Waals surface area (Å²) in [6, 6.07) is 7.76. The molecule has 2 amide bonds. The summed E-state index contributed by atoms with van der Waals surface area (Å²) in [5.74, 6) is 0.846. The van der Waals surface area contributed by atoms with E-state index in [1.54, 1.807) is 7.11 Å². The first-order valence-electron chi connectivity index (χ1n) is 6.44. The topological polar surface area (TPSA) is 70.6 Å². The highest BCUT2D eigenvalue weighted by Gasteiger charge is 2.06. The molecule has 106 valence electrons. The number of nitrogens with one attached hydrogen (secondary N) is 2. The van der Waals surface area contributed by atoms with Crippen molar-refractivity contribution in [2.45, 2.75) is 25.8 Å². The number of carbonyl (C=O) groups excluding carboxylic acids is 1. The SMILES string of the molecule is COc1ccc(CCC(C)NC(=O)NCCO)cc1. The Morgan fingerprint density at radius 3 is 2.63 bits per heavy atom. The van der Waals surface area contributed by atoms with Crippen LogP contribution in [0.2, 0.25) is 0 Å². The number of hydrogen-bond acceptors (Lipinski definition) is 3. The lowest BCUT2D eigenvalue weighted by atomic mass is 10.1. The molecule has 5 heteroatoms. The van der Waals surface area contributed by atoms with Gasteiger partial charge < -0.3 is 20.5 Å². The van der Waals surface area contributed by atoms with E-state index in [1.165, 1.54) is 5.56 Å². The van der Waals surface area contributed by atoms with Crippen LogP contribution in [0, 0.1) is 0 Å². The molecule has 0 aliphatic heterocycles. The molecule has 0 saturated heterocycles. The van der Waals surface area contributed by atoms with E-state index in [2.05, 4.69) is 10.6 Å². The lowest BCUT2D eigenvalue weighted by Gasteiger charge is -2.14. The Morgan fingerprint density at radius 1 is 1.37 bits per heavy atom. The number of aryl methyl sites for hydroxylation is 1. The molecule has 0 aliphatic carbocycles. The van der Waals surface area contributed by atoms with Crippen LogP contribution in [0.3, 0.4) is 0 Å². The summed E-state index contributed by atoms with van der Waals surface area (Å²) in [6.07, 6.45) is 1.75. The molecule has 19 heavy (non-hydrogen) atoms. The lowest BCUT2D eigenvalue weighted by molar-refractivity contribution is 0.231. The van der Waals surface area contributed by atoms with E-state index in [1.807, 2.05) is 31.2 Å². The van der Waals surface area contributed by atoms with Crippen LogP contribution < -0.4 is 15.4 Å². The zero-order valence-corrected chi connectivity index (χ0v) is 11.5. The molecule has 0 spiro atoms. The first-order chi connectivity index (χ1) is 9.15. The highest BCUT2D eigenvalue weighted by atomic mass is 16.5. The summed E-state index contributed by atoms with van der Waals surface area (Å²) in [6.45, 7) is 2.19. The minimum atomic E-state index is -0.240. The van der Waals surface area contributed by atoms with Crippen LogP contribution in [-0.4, -0.2) is 37.4 Å². The number of methoxy groups -OCH3 is 1. The summed E-state index contributed by atoms with van der Waals surface area (Å²) in [4.78, 5) is 11.4. The zero-order chi connectivity index (χ0) is 14.1. The molecule has 1 aromatic carbocycles. The van der Waals surface area contributed by atoms with Crippen LogP contribution in [0.4, 0.5) is 4.79 Å². The van der Waals surface area contributed by atoms with Crippen molar-refractivity contribution in [3.63, 3.8) is 0 Å². The number of ether oxygens (including phenoxy) is 1. The molecule has 3 N–H and O–H groups in total. The van der Waals surface area contributed by atoms with Crippen molar-refractivity contribution < 1.29 is 14.6 Å². The van der Waals surface area contributed by atoms with Gasteiger partial charge >= 0.3 is 6.03 Å². The van der Waals surface area contributed by atoms with E-state index in [9.17, 15) is 4.79 Å². The van der Waals surface area contributed by atoms with Crippen molar-refractivity contribution in [1.29, 1.82) is 0 Å². The average molecular weight is 266 g/mol. The fraction of sp³-hybridized carbons (Fsp3) is 0.500. The van der Waals surface area contributed by atoms with Gasteiger partial charge in [-0.2, -0.15) is 0 Å². The van der Waals surface area contributed by atoms with Crippen molar-refractivity contribution in [1.82, 2.24) is 10.6 Å². The third kappa shape index (κ3) is 6.10. The molecular formula is C14H22N2O3. The van der Waals surface area contributed by atoms with Crippen LogP contribution in [0.15, 0.2) is 24.3 Å². The highest BCUT2D eigenvalue weighted by molar-refractivity contribution is 5.74. The van der Waals surface area contributed by atoms with Gasteiger partial charge in [-0.25, -0.2) is 4.79 Å². The summed E-state index contributed by atoms with van der Waals surface area (Å²) in [5, 5.41) is 14.0. The molecule has 0 heterocycles. The molecule has 0 radical (unpaired) electrons. The van der Waals surface area contributed by atoms with Gasteiger partial charge in [-0.1, -0.05) is 12.1 Å². The number of carbonyl (C=O) groups is 1. The Bertz CT molecular complexity index is 379. The maximum atomic E-state index is 11.4. The number of aliphatic hydroxyl groups excluding tert-OH is 1. The maximum absolute atomic E-state index is 11.4. The first-order valence-corrected chi connectivity index (χ1v) is 6.44. The number of amides is 2. The van der Waals surface area contributed by atoms with E-state index < -0.39 is 0 Å². The Hall–Kier alpha value is -1.75. The van der Waals surface area contributed by atoms with E-state index in [0.29, 0.717) is 0 Å². The molecule has 0 aliphatic rings. The lowest BCUT2D eigenvalue weighted by Crippen LogP contribution is -2.41. The van der Waals surface area contributed by atoms with Gasteiger partial charge in [0.2, 0.25) is 0 Å². The molecule has 0 bridgehead atoms. The van der Waals surface area contributed by atoms with E-state index in [4.69, 9.17) is 9.84 Å². The second kappa shape index (κ2) is 8.37. The molecule has 1 atom stereocenters. The standard InChI is InChI=1S/C14H22N2O3/c1-11(16-14(18)15-9-10-17)3-4-12-5-7-13(19-2)8-6-12/h5-8,11,17H,3-4,9-10H2,1-2H3,(H2,15,16,18). The van der Waals surface area contributed by atoms with Crippen LogP contribution >= 0.6 is 0 Å². The number of aliphatic hydroxyl groups is 1. The van der Waals surface area contributed by atoms with Gasteiger partial charge in [0, 0.05) is 12.6 Å². The van der Waals surface area contributed by atoms with Gasteiger partial charge in [-0.05, 0) is 37.5 Å². The second-order valence-corrected chi connectivity index (χ2v) is 4.41. The van der Waals surface area contributed by atoms with Crippen molar-refractivity contribution in [2.24, 2.45) is 0 Å². The summed E-state index contributed by atoms with van der Waals surface area (Å²) >= 11 is 0. The van der Waals surface area contributed by atoms with Gasteiger partial charge in [-0.15, -0.1) is 0 Å². The van der Waals surface area contributed by atoms with E-state index >= 15 is 0 Å². The van der Waals surface area contributed by atoms with Gasteiger partial charge in [0.15, 0.2) is 0 Å². The van der Waals surface area contributed by atoms with Crippen LogP contribution in [0.1, 0.15) is 18.9 Å². The quantitative estimate of drug-likeness (QED) is 0.697. The molecule has 1 unspecified atom stereocenters. The second-order valence-electron chi connectivity index (χ2n) is 4.41. The predicted molar refractivity (Wildman–Crippen MR) is 74.4 cm³/mol. The molecule has 0 saturated carbocycles. The Labute approximate surface area is 114 Å². The van der Waals surface area contributed by atoms with Gasteiger partial charge in [0.05, 0.1) is 13.7 Å². The van der Waals surface area contributed by atoms with Crippen molar-refractivity contribution in [2.75, 3.05) is 20.3 Å².